The summed E-state index contributed by atoms with van der Waals surface area (Å²) in [5, 5.41) is 3.24. The van der Waals surface area contributed by atoms with Gasteiger partial charge in [0.05, 0.1) is 17.9 Å². The van der Waals surface area contributed by atoms with Crippen LogP contribution in [0.15, 0.2) is 12.5 Å². The SMILES string of the molecule is CCn1cncc1CNC1CCCC(C(F)(F)F)C1. The minimum Gasteiger partial charge on any atom is -0.334 e. The Morgan fingerprint density at radius 2 is 2.21 bits per heavy atom. The third-order valence-electron chi connectivity index (χ3n) is 3.85. The molecule has 0 saturated heterocycles. The van der Waals surface area contributed by atoms with Crippen molar-refractivity contribution in [3.05, 3.63) is 18.2 Å². The van der Waals surface area contributed by atoms with Crippen molar-refractivity contribution in [3.8, 4) is 0 Å². The van der Waals surface area contributed by atoms with Gasteiger partial charge < -0.3 is 9.88 Å². The van der Waals surface area contributed by atoms with Crippen LogP contribution in [0.1, 0.15) is 38.3 Å². The van der Waals surface area contributed by atoms with Gasteiger partial charge in [-0.2, -0.15) is 13.2 Å². The first kappa shape index (κ1) is 14.4. The highest BCUT2D eigenvalue weighted by molar-refractivity contribution is 4.98. The lowest BCUT2D eigenvalue weighted by atomic mass is 9.85. The van der Waals surface area contributed by atoms with Crippen molar-refractivity contribution in [2.75, 3.05) is 0 Å². The predicted octanol–water partition coefficient (Wildman–Crippen LogP) is 3.11. The van der Waals surface area contributed by atoms with Crippen LogP contribution in [0.2, 0.25) is 0 Å². The molecule has 2 unspecified atom stereocenters. The van der Waals surface area contributed by atoms with E-state index in [9.17, 15) is 13.2 Å². The van der Waals surface area contributed by atoms with Gasteiger partial charge >= 0.3 is 6.18 Å². The molecule has 108 valence electrons. The Morgan fingerprint density at radius 3 is 2.89 bits per heavy atom. The molecule has 0 aromatic carbocycles. The molecule has 1 aliphatic carbocycles. The van der Waals surface area contributed by atoms with Crippen LogP contribution in [0, 0.1) is 5.92 Å². The minimum absolute atomic E-state index is 0.0411. The summed E-state index contributed by atoms with van der Waals surface area (Å²) in [6.07, 6.45) is 1.41. The van der Waals surface area contributed by atoms with Crippen LogP contribution < -0.4 is 5.32 Å². The Balaban J connectivity index is 1.86. The summed E-state index contributed by atoms with van der Waals surface area (Å²) in [6.45, 7) is 3.43. The summed E-state index contributed by atoms with van der Waals surface area (Å²) in [7, 11) is 0. The van der Waals surface area contributed by atoms with Crippen LogP contribution in [-0.2, 0) is 13.1 Å². The van der Waals surface area contributed by atoms with E-state index in [1.54, 1.807) is 12.5 Å². The number of hydrogen-bond donors (Lipinski definition) is 1. The number of aromatic nitrogens is 2. The van der Waals surface area contributed by atoms with Crippen molar-refractivity contribution in [1.29, 1.82) is 0 Å². The van der Waals surface area contributed by atoms with E-state index in [0.717, 1.165) is 18.7 Å². The Bertz CT molecular complexity index is 400. The Hall–Kier alpha value is -1.04. The highest BCUT2D eigenvalue weighted by atomic mass is 19.4. The van der Waals surface area contributed by atoms with Crippen molar-refractivity contribution < 1.29 is 13.2 Å². The second-order valence-corrected chi connectivity index (χ2v) is 5.15. The van der Waals surface area contributed by atoms with Crippen LogP contribution >= 0.6 is 0 Å². The molecule has 1 fully saturated rings. The van der Waals surface area contributed by atoms with Crippen molar-refractivity contribution >= 4 is 0 Å². The standard InChI is InChI=1S/C13H20F3N3/c1-2-19-9-17-7-12(19)8-18-11-5-3-4-10(6-11)13(14,15)16/h7,9-11,18H,2-6,8H2,1H3. The number of imidazole rings is 1. The molecule has 2 atom stereocenters. The maximum absolute atomic E-state index is 12.7. The maximum atomic E-state index is 12.7. The van der Waals surface area contributed by atoms with Crippen molar-refractivity contribution in [3.63, 3.8) is 0 Å². The zero-order valence-electron chi connectivity index (χ0n) is 11.1. The van der Waals surface area contributed by atoms with E-state index < -0.39 is 12.1 Å². The number of alkyl halides is 3. The molecule has 1 aliphatic rings. The van der Waals surface area contributed by atoms with Gasteiger partial charge in [0.2, 0.25) is 0 Å². The molecule has 1 aromatic rings. The molecule has 0 aliphatic heterocycles. The minimum atomic E-state index is -4.05. The number of aryl methyl sites for hydroxylation is 1. The fraction of sp³-hybridized carbons (Fsp3) is 0.769. The number of nitrogens with one attached hydrogen (secondary N) is 1. The molecule has 2 rings (SSSR count). The van der Waals surface area contributed by atoms with E-state index in [1.807, 2.05) is 11.5 Å². The highest BCUT2D eigenvalue weighted by Gasteiger charge is 2.41. The summed E-state index contributed by atoms with van der Waals surface area (Å²) < 4.78 is 40.1. The average molecular weight is 275 g/mol. The number of rotatable bonds is 4. The van der Waals surface area contributed by atoms with E-state index in [0.29, 0.717) is 13.0 Å². The van der Waals surface area contributed by atoms with Crippen molar-refractivity contribution in [1.82, 2.24) is 14.9 Å². The van der Waals surface area contributed by atoms with Crippen LogP contribution in [0.3, 0.4) is 0 Å². The molecule has 1 heterocycles. The van der Waals surface area contributed by atoms with Crippen molar-refractivity contribution in [2.45, 2.75) is 57.9 Å². The van der Waals surface area contributed by atoms with Gasteiger partial charge in [-0.05, 0) is 26.2 Å². The second-order valence-electron chi connectivity index (χ2n) is 5.15. The summed E-state index contributed by atoms with van der Waals surface area (Å²) >= 11 is 0. The monoisotopic (exact) mass is 275 g/mol. The molecule has 0 spiro atoms. The fourth-order valence-corrected chi connectivity index (χ4v) is 2.70. The van der Waals surface area contributed by atoms with E-state index in [-0.39, 0.29) is 18.9 Å². The third-order valence-corrected chi connectivity index (χ3v) is 3.85. The lowest BCUT2D eigenvalue weighted by molar-refractivity contribution is -0.183. The van der Waals surface area contributed by atoms with Gasteiger partial charge in [-0.25, -0.2) is 4.98 Å². The highest BCUT2D eigenvalue weighted by Crippen LogP contribution is 2.37. The zero-order valence-corrected chi connectivity index (χ0v) is 11.1. The number of hydrogen-bond acceptors (Lipinski definition) is 2. The Labute approximate surface area is 111 Å². The zero-order chi connectivity index (χ0) is 13.9. The molecule has 1 saturated carbocycles. The molecule has 1 aromatic heterocycles. The fourth-order valence-electron chi connectivity index (χ4n) is 2.70. The summed E-state index contributed by atoms with van der Waals surface area (Å²) in [5.74, 6) is -1.14. The first-order valence-electron chi connectivity index (χ1n) is 6.79. The van der Waals surface area contributed by atoms with Crippen LogP contribution in [0.4, 0.5) is 13.2 Å². The van der Waals surface area contributed by atoms with Gasteiger partial charge in [-0.1, -0.05) is 6.42 Å². The van der Waals surface area contributed by atoms with Crippen molar-refractivity contribution in [2.24, 2.45) is 5.92 Å². The average Bonchev–Trinajstić information content (AvgIpc) is 2.83. The van der Waals surface area contributed by atoms with Gasteiger partial charge in [-0.3, -0.25) is 0 Å². The van der Waals surface area contributed by atoms with Gasteiger partial charge in [0, 0.05) is 25.3 Å². The topological polar surface area (TPSA) is 29.9 Å². The molecular weight excluding hydrogens is 255 g/mol. The molecular formula is C13H20F3N3. The molecule has 0 bridgehead atoms. The van der Waals surface area contributed by atoms with Gasteiger partial charge in [-0.15, -0.1) is 0 Å². The molecule has 6 heteroatoms. The normalized spacial score (nSPS) is 24.6. The lowest BCUT2D eigenvalue weighted by Crippen LogP contribution is -2.38. The van der Waals surface area contributed by atoms with Crippen LogP contribution in [0.25, 0.3) is 0 Å². The summed E-state index contributed by atoms with van der Waals surface area (Å²) in [5.41, 5.74) is 1.02. The largest absolute Gasteiger partial charge is 0.391 e. The number of nitrogens with zero attached hydrogens (tertiary/aromatic N) is 2. The molecule has 1 N–H and O–H groups in total. The molecule has 0 amide bonds. The van der Waals surface area contributed by atoms with Gasteiger partial charge in [0.25, 0.3) is 0 Å². The Morgan fingerprint density at radius 1 is 1.42 bits per heavy atom. The van der Waals surface area contributed by atoms with Gasteiger partial charge in [0.15, 0.2) is 0 Å². The first-order valence-corrected chi connectivity index (χ1v) is 6.79. The summed E-state index contributed by atoms with van der Waals surface area (Å²) in [4.78, 5) is 4.05. The van der Waals surface area contributed by atoms with E-state index in [4.69, 9.17) is 0 Å². The smallest absolute Gasteiger partial charge is 0.334 e. The molecule has 0 radical (unpaired) electrons. The Kier molecular flexibility index (Phi) is 4.50. The first-order chi connectivity index (χ1) is 9.00. The van der Waals surface area contributed by atoms with Crippen LogP contribution in [0.5, 0.6) is 0 Å². The summed E-state index contributed by atoms with van der Waals surface area (Å²) in [6, 6.07) is -0.0411. The second kappa shape index (κ2) is 5.94. The third kappa shape index (κ3) is 3.72. The van der Waals surface area contributed by atoms with E-state index >= 15 is 0 Å². The van der Waals surface area contributed by atoms with E-state index in [2.05, 4.69) is 10.3 Å². The predicted molar refractivity (Wildman–Crippen MR) is 66.5 cm³/mol. The van der Waals surface area contributed by atoms with Gasteiger partial charge in [0.1, 0.15) is 0 Å². The molecule has 19 heavy (non-hydrogen) atoms. The van der Waals surface area contributed by atoms with E-state index in [1.165, 1.54) is 0 Å². The quantitative estimate of drug-likeness (QED) is 0.915. The maximum Gasteiger partial charge on any atom is 0.391 e. The number of halogens is 3. The van der Waals surface area contributed by atoms with Crippen LogP contribution in [-0.4, -0.2) is 21.8 Å². The molecule has 3 nitrogen and oxygen atoms in total. The lowest BCUT2D eigenvalue weighted by Gasteiger charge is -2.31.